The van der Waals surface area contributed by atoms with Crippen LogP contribution in [0.5, 0.6) is 0 Å². The van der Waals surface area contributed by atoms with Crippen molar-refractivity contribution >= 4 is 5.91 Å². The molecule has 0 saturated heterocycles. The number of hydrogen-bond donors (Lipinski definition) is 1. The third-order valence-electron chi connectivity index (χ3n) is 2.26. The highest BCUT2D eigenvalue weighted by molar-refractivity contribution is 5.86. The number of amides is 1. The second-order valence-corrected chi connectivity index (χ2v) is 4.35. The number of carbonyl (C=O) groups is 1. The van der Waals surface area contributed by atoms with Gasteiger partial charge in [0.1, 0.15) is 0 Å². The fourth-order valence-electron chi connectivity index (χ4n) is 1.04. The van der Waals surface area contributed by atoms with Crippen molar-refractivity contribution in [1.82, 2.24) is 4.90 Å². The van der Waals surface area contributed by atoms with Crippen molar-refractivity contribution in [2.45, 2.75) is 38.6 Å². The van der Waals surface area contributed by atoms with Crippen LogP contribution in [0.15, 0.2) is 0 Å². The van der Waals surface area contributed by atoms with Crippen LogP contribution in [0.25, 0.3) is 0 Å². The molecule has 0 heterocycles. The van der Waals surface area contributed by atoms with E-state index in [-0.39, 0.29) is 19.3 Å². The molecule has 0 saturated carbocycles. The molecule has 1 amide bonds. The molecule has 0 aliphatic heterocycles. The molecule has 0 aliphatic carbocycles. The van der Waals surface area contributed by atoms with Gasteiger partial charge in [-0.25, -0.2) is 0 Å². The number of carbonyl (C=O) groups excluding carboxylic acids is 1. The summed E-state index contributed by atoms with van der Waals surface area (Å²) in [5, 5.41) is 0. The second-order valence-electron chi connectivity index (χ2n) is 4.35. The number of likely N-dealkylation sites (N-methyl/N-ethyl adjacent to an activating group) is 1. The number of nitrogens with two attached hydrogens (primary N) is 1. The van der Waals surface area contributed by atoms with Gasteiger partial charge in [0, 0.05) is 13.6 Å². The molecule has 0 fully saturated rings. The number of nitrogens with zero attached hydrogens (tertiary/aromatic N) is 1. The van der Waals surface area contributed by atoms with Crippen molar-refractivity contribution in [1.29, 1.82) is 0 Å². The van der Waals surface area contributed by atoms with Gasteiger partial charge in [0.25, 0.3) is 5.91 Å². The molecule has 0 aliphatic rings. The first-order valence-corrected chi connectivity index (χ1v) is 5.23. The standard InChI is InChI=1S/C10H19F3N2O2/c1-7(2)17-6-5-15(4)8(16)9(3,14)10(11,12)13/h7H,5-6,14H2,1-4H3. The van der Waals surface area contributed by atoms with Gasteiger partial charge in [-0.1, -0.05) is 0 Å². The van der Waals surface area contributed by atoms with Gasteiger partial charge in [-0.15, -0.1) is 0 Å². The van der Waals surface area contributed by atoms with Crippen LogP contribution in [-0.2, 0) is 9.53 Å². The lowest BCUT2D eigenvalue weighted by atomic mass is 10.0. The summed E-state index contributed by atoms with van der Waals surface area (Å²) in [6.45, 7) is 4.50. The minimum Gasteiger partial charge on any atom is -0.377 e. The normalized spacial score (nSPS) is 15.8. The molecule has 0 aromatic heterocycles. The lowest BCUT2D eigenvalue weighted by molar-refractivity contribution is -0.193. The highest BCUT2D eigenvalue weighted by atomic mass is 19.4. The average Bonchev–Trinajstić information content (AvgIpc) is 2.13. The Morgan fingerprint density at radius 2 is 1.88 bits per heavy atom. The molecule has 4 nitrogen and oxygen atoms in total. The zero-order valence-electron chi connectivity index (χ0n) is 10.5. The zero-order valence-corrected chi connectivity index (χ0v) is 10.5. The van der Waals surface area contributed by atoms with E-state index in [1.54, 1.807) is 13.8 Å². The van der Waals surface area contributed by atoms with Crippen LogP contribution in [0.4, 0.5) is 13.2 Å². The molecule has 2 N–H and O–H groups in total. The van der Waals surface area contributed by atoms with Gasteiger partial charge in [-0.2, -0.15) is 13.2 Å². The molecule has 0 aromatic carbocycles. The SMILES string of the molecule is CC(C)OCCN(C)C(=O)C(C)(N)C(F)(F)F. The molecule has 1 atom stereocenters. The highest BCUT2D eigenvalue weighted by Gasteiger charge is 2.54. The minimum absolute atomic E-state index is 0.0367. The first-order valence-electron chi connectivity index (χ1n) is 5.23. The maximum Gasteiger partial charge on any atom is 0.415 e. The van der Waals surface area contributed by atoms with Gasteiger partial charge in [-0.05, 0) is 20.8 Å². The first-order chi connectivity index (χ1) is 7.50. The van der Waals surface area contributed by atoms with E-state index in [2.05, 4.69) is 0 Å². The summed E-state index contributed by atoms with van der Waals surface area (Å²) in [6.07, 6.45) is -4.80. The average molecular weight is 256 g/mol. The van der Waals surface area contributed by atoms with Crippen LogP contribution >= 0.6 is 0 Å². The van der Waals surface area contributed by atoms with Crippen molar-refractivity contribution < 1.29 is 22.7 Å². The Morgan fingerprint density at radius 3 is 2.24 bits per heavy atom. The third-order valence-corrected chi connectivity index (χ3v) is 2.26. The Balaban J connectivity index is 4.40. The van der Waals surface area contributed by atoms with E-state index < -0.39 is 17.6 Å². The summed E-state index contributed by atoms with van der Waals surface area (Å²) < 4.78 is 42.6. The van der Waals surface area contributed by atoms with Gasteiger partial charge in [0.2, 0.25) is 0 Å². The molecule has 17 heavy (non-hydrogen) atoms. The maximum absolute atomic E-state index is 12.5. The maximum atomic E-state index is 12.5. The van der Waals surface area contributed by atoms with Crippen molar-refractivity contribution in [2.75, 3.05) is 20.2 Å². The quantitative estimate of drug-likeness (QED) is 0.802. The van der Waals surface area contributed by atoms with Gasteiger partial charge in [-0.3, -0.25) is 4.79 Å². The Bertz CT molecular complexity index is 265. The van der Waals surface area contributed by atoms with Crippen LogP contribution in [0.1, 0.15) is 20.8 Å². The van der Waals surface area contributed by atoms with Gasteiger partial charge in [0.15, 0.2) is 5.54 Å². The van der Waals surface area contributed by atoms with E-state index in [1.165, 1.54) is 7.05 Å². The van der Waals surface area contributed by atoms with Crippen molar-refractivity contribution in [3.63, 3.8) is 0 Å². The van der Waals surface area contributed by atoms with Crippen LogP contribution in [0.2, 0.25) is 0 Å². The van der Waals surface area contributed by atoms with Gasteiger partial charge in [0.05, 0.1) is 12.7 Å². The molecule has 1 unspecified atom stereocenters. The number of halogens is 3. The summed E-state index contributed by atoms with van der Waals surface area (Å²) in [4.78, 5) is 12.4. The van der Waals surface area contributed by atoms with E-state index in [4.69, 9.17) is 10.5 Å². The summed E-state index contributed by atoms with van der Waals surface area (Å²) >= 11 is 0. The molecule has 0 rings (SSSR count). The van der Waals surface area contributed by atoms with E-state index in [9.17, 15) is 18.0 Å². The van der Waals surface area contributed by atoms with Gasteiger partial charge >= 0.3 is 6.18 Å². The summed E-state index contributed by atoms with van der Waals surface area (Å²) in [5.41, 5.74) is 2.15. The van der Waals surface area contributed by atoms with Crippen molar-refractivity contribution in [3.8, 4) is 0 Å². The molecule has 7 heteroatoms. The summed E-state index contributed by atoms with van der Waals surface area (Å²) in [5.74, 6) is -1.17. The van der Waals surface area contributed by atoms with E-state index in [0.29, 0.717) is 6.92 Å². The van der Waals surface area contributed by atoms with E-state index >= 15 is 0 Å². The third kappa shape index (κ3) is 4.51. The molecule has 102 valence electrons. The number of alkyl halides is 3. The van der Waals surface area contributed by atoms with Crippen LogP contribution in [0.3, 0.4) is 0 Å². The molecular weight excluding hydrogens is 237 g/mol. The fourth-order valence-corrected chi connectivity index (χ4v) is 1.04. The number of hydrogen-bond acceptors (Lipinski definition) is 3. The molecule has 0 radical (unpaired) electrons. The Labute approximate surface area is 98.9 Å². The van der Waals surface area contributed by atoms with E-state index in [0.717, 1.165) is 4.90 Å². The topological polar surface area (TPSA) is 55.6 Å². The predicted molar refractivity (Wildman–Crippen MR) is 57.4 cm³/mol. The highest BCUT2D eigenvalue weighted by Crippen LogP contribution is 2.29. The van der Waals surface area contributed by atoms with Crippen molar-refractivity contribution in [2.24, 2.45) is 5.73 Å². The Hall–Kier alpha value is -0.820. The molecular formula is C10H19F3N2O2. The van der Waals surface area contributed by atoms with Crippen molar-refractivity contribution in [3.05, 3.63) is 0 Å². The monoisotopic (exact) mass is 256 g/mol. The van der Waals surface area contributed by atoms with Gasteiger partial charge < -0.3 is 15.4 Å². The van der Waals surface area contributed by atoms with Crippen LogP contribution in [0, 0.1) is 0 Å². The minimum atomic E-state index is -4.77. The lowest BCUT2D eigenvalue weighted by Crippen LogP contribution is -2.61. The van der Waals surface area contributed by atoms with Crippen LogP contribution in [-0.4, -0.2) is 48.8 Å². The predicted octanol–water partition coefficient (Wildman–Crippen LogP) is 1.15. The zero-order chi connectivity index (χ0) is 13.9. The second kappa shape index (κ2) is 5.68. The molecule has 0 aromatic rings. The summed E-state index contributed by atoms with van der Waals surface area (Å²) in [6, 6.07) is 0. The number of rotatable bonds is 5. The number of ether oxygens (including phenoxy) is 1. The largest absolute Gasteiger partial charge is 0.415 e. The Kier molecular flexibility index (Phi) is 5.41. The lowest BCUT2D eigenvalue weighted by Gasteiger charge is -2.30. The first kappa shape index (κ1) is 16.2. The Morgan fingerprint density at radius 1 is 1.41 bits per heavy atom. The fraction of sp³-hybridized carbons (Fsp3) is 0.900. The summed E-state index contributed by atoms with van der Waals surface area (Å²) in [7, 11) is 1.27. The molecule has 0 spiro atoms. The molecule has 0 bridgehead atoms. The van der Waals surface area contributed by atoms with Crippen LogP contribution < -0.4 is 5.73 Å². The van der Waals surface area contributed by atoms with E-state index in [1.807, 2.05) is 0 Å². The smallest absolute Gasteiger partial charge is 0.377 e.